The zero-order chi connectivity index (χ0) is 8.81. The average Bonchev–Trinajstić information content (AvgIpc) is 2.05. The molecule has 0 bridgehead atoms. The molecule has 0 aliphatic heterocycles. The highest BCUT2D eigenvalue weighted by molar-refractivity contribution is 5.08. The van der Waals surface area contributed by atoms with Gasteiger partial charge in [-0.05, 0) is 19.3 Å². The first-order valence-electron chi connectivity index (χ1n) is 4.42. The van der Waals surface area contributed by atoms with Crippen molar-refractivity contribution in [3.8, 4) is 11.8 Å². The number of hydrogen-bond donors (Lipinski definition) is 0. The molecule has 0 aromatic rings. The number of rotatable bonds is 2. The first kappa shape index (κ1) is 9.57. The molecule has 0 aromatic carbocycles. The standard InChI is InChI=1S/C10H16O2/c1-11-9-7-5-3-4-6-8-10(9)12-2/h9-10H,3-5,7H2,1-2H3/t9-,10-/m0/s1. The Bertz CT molecular complexity index is 178. The molecule has 1 rings (SSSR count). The Labute approximate surface area is 74.2 Å². The molecule has 0 saturated carbocycles. The van der Waals surface area contributed by atoms with Crippen molar-refractivity contribution in [3.63, 3.8) is 0 Å². The summed E-state index contributed by atoms with van der Waals surface area (Å²) in [6.07, 6.45) is 4.55. The minimum Gasteiger partial charge on any atom is -0.378 e. The summed E-state index contributed by atoms with van der Waals surface area (Å²) in [6, 6.07) is 0. The topological polar surface area (TPSA) is 18.5 Å². The second-order valence-corrected chi connectivity index (χ2v) is 3.00. The minimum atomic E-state index is -0.0321. The van der Waals surface area contributed by atoms with Crippen molar-refractivity contribution in [2.75, 3.05) is 14.2 Å². The molecule has 0 spiro atoms. The van der Waals surface area contributed by atoms with Gasteiger partial charge in [0.05, 0.1) is 6.10 Å². The summed E-state index contributed by atoms with van der Waals surface area (Å²) in [6.45, 7) is 0. The molecule has 1 aliphatic carbocycles. The van der Waals surface area contributed by atoms with Gasteiger partial charge in [0.25, 0.3) is 0 Å². The third kappa shape index (κ3) is 2.51. The van der Waals surface area contributed by atoms with Gasteiger partial charge >= 0.3 is 0 Å². The van der Waals surface area contributed by atoms with Crippen LogP contribution in [0.4, 0.5) is 0 Å². The van der Waals surface area contributed by atoms with E-state index in [1.807, 2.05) is 0 Å². The average molecular weight is 168 g/mol. The van der Waals surface area contributed by atoms with E-state index in [1.165, 1.54) is 12.8 Å². The third-order valence-electron chi connectivity index (χ3n) is 2.18. The van der Waals surface area contributed by atoms with Crippen molar-refractivity contribution < 1.29 is 9.47 Å². The van der Waals surface area contributed by atoms with Gasteiger partial charge in [-0.15, -0.1) is 5.92 Å². The smallest absolute Gasteiger partial charge is 0.143 e. The molecule has 0 heterocycles. The molecule has 68 valence electrons. The highest BCUT2D eigenvalue weighted by Crippen LogP contribution is 2.13. The molecule has 2 nitrogen and oxygen atoms in total. The van der Waals surface area contributed by atoms with Gasteiger partial charge in [-0.3, -0.25) is 0 Å². The Balaban J connectivity index is 2.58. The predicted molar refractivity (Wildman–Crippen MR) is 47.8 cm³/mol. The van der Waals surface area contributed by atoms with E-state index >= 15 is 0 Å². The molecule has 0 saturated heterocycles. The second-order valence-electron chi connectivity index (χ2n) is 3.00. The third-order valence-corrected chi connectivity index (χ3v) is 2.18. The van der Waals surface area contributed by atoms with Gasteiger partial charge in [-0.25, -0.2) is 0 Å². The van der Waals surface area contributed by atoms with E-state index in [0.717, 1.165) is 12.8 Å². The monoisotopic (exact) mass is 168 g/mol. The number of hydrogen-bond acceptors (Lipinski definition) is 2. The lowest BCUT2D eigenvalue weighted by atomic mass is 10.0. The van der Waals surface area contributed by atoms with Gasteiger partial charge in [0, 0.05) is 20.6 Å². The molecule has 1 aliphatic rings. The van der Waals surface area contributed by atoms with E-state index in [9.17, 15) is 0 Å². The Hall–Kier alpha value is -0.520. The fourth-order valence-electron chi connectivity index (χ4n) is 1.43. The fourth-order valence-corrected chi connectivity index (χ4v) is 1.43. The lowest BCUT2D eigenvalue weighted by Crippen LogP contribution is -2.29. The Morgan fingerprint density at radius 2 is 2.00 bits per heavy atom. The van der Waals surface area contributed by atoms with Crippen LogP contribution in [0.1, 0.15) is 25.7 Å². The van der Waals surface area contributed by atoms with Crippen molar-refractivity contribution in [1.82, 2.24) is 0 Å². The van der Waals surface area contributed by atoms with Gasteiger partial charge in [0.2, 0.25) is 0 Å². The Morgan fingerprint density at radius 3 is 2.67 bits per heavy atom. The van der Waals surface area contributed by atoms with Crippen LogP contribution in [0.15, 0.2) is 0 Å². The van der Waals surface area contributed by atoms with Crippen LogP contribution in [0.25, 0.3) is 0 Å². The van der Waals surface area contributed by atoms with Crippen LogP contribution in [-0.4, -0.2) is 26.4 Å². The number of methoxy groups -OCH3 is 2. The van der Waals surface area contributed by atoms with Crippen LogP contribution in [0.2, 0.25) is 0 Å². The molecule has 2 atom stereocenters. The Kier molecular flexibility index (Phi) is 4.13. The quantitative estimate of drug-likeness (QED) is 0.583. The minimum absolute atomic E-state index is 0.0321. The summed E-state index contributed by atoms with van der Waals surface area (Å²) in [5.74, 6) is 6.17. The molecule has 0 aromatic heterocycles. The van der Waals surface area contributed by atoms with Gasteiger partial charge in [-0.2, -0.15) is 0 Å². The summed E-state index contributed by atoms with van der Waals surface area (Å²) in [5.41, 5.74) is 0. The fraction of sp³-hybridized carbons (Fsp3) is 0.800. The SMILES string of the molecule is CO[C@H]1C#CCCCC[C@@H]1OC. The first-order valence-corrected chi connectivity index (χ1v) is 4.42. The lowest BCUT2D eigenvalue weighted by Gasteiger charge is -2.21. The largest absolute Gasteiger partial charge is 0.378 e. The van der Waals surface area contributed by atoms with Gasteiger partial charge in [-0.1, -0.05) is 5.92 Å². The number of ether oxygens (including phenoxy) is 2. The first-order chi connectivity index (χ1) is 5.88. The van der Waals surface area contributed by atoms with E-state index in [1.54, 1.807) is 14.2 Å². The van der Waals surface area contributed by atoms with Crippen molar-refractivity contribution in [1.29, 1.82) is 0 Å². The van der Waals surface area contributed by atoms with Crippen LogP contribution in [-0.2, 0) is 9.47 Å². The maximum atomic E-state index is 5.30. The van der Waals surface area contributed by atoms with Gasteiger partial charge in [0.15, 0.2) is 0 Å². The molecular weight excluding hydrogens is 152 g/mol. The highest BCUT2D eigenvalue weighted by Gasteiger charge is 2.18. The second kappa shape index (κ2) is 5.18. The Morgan fingerprint density at radius 1 is 1.17 bits per heavy atom. The van der Waals surface area contributed by atoms with Crippen molar-refractivity contribution >= 4 is 0 Å². The molecular formula is C10H16O2. The normalized spacial score (nSPS) is 29.8. The zero-order valence-electron chi connectivity index (χ0n) is 7.80. The van der Waals surface area contributed by atoms with Crippen LogP contribution in [0.3, 0.4) is 0 Å². The van der Waals surface area contributed by atoms with Crippen molar-refractivity contribution in [3.05, 3.63) is 0 Å². The maximum Gasteiger partial charge on any atom is 0.143 e. The van der Waals surface area contributed by atoms with Gasteiger partial charge in [0.1, 0.15) is 6.10 Å². The molecule has 0 fully saturated rings. The van der Waals surface area contributed by atoms with Crippen molar-refractivity contribution in [2.45, 2.75) is 37.9 Å². The highest BCUT2D eigenvalue weighted by atomic mass is 16.5. The summed E-state index contributed by atoms with van der Waals surface area (Å²) < 4.78 is 10.5. The van der Waals surface area contributed by atoms with E-state index in [2.05, 4.69) is 11.8 Å². The lowest BCUT2D eigenvalue weighted by molar-refractivity contribution is -0.0125. The molecule has 0 N–H and O–H groups in total. The van der Waals surface area contributed by atoms with E-state index in [0.29, 0.717) is 0 Å². The molecule has 0 amide bonds. The zero-order valence-corrected chi connectivity index (χ0v) is 7.80. The molecule has 0 radical (unpaired) electrons. The van der Waals surface area contributed by atoms with Crippen LogP contribution in [0, 0.1) is 11.8 Å². The van der Waals surface area contributed by atoms with Gasteiger partial charge < -0.3 is 9.47 Å². The summed E-state index contributed by atoms with van der Waals surface area (Å²) in [4.78, 5) is 0. The predicted octanol–water partition coefficient (Wildman–Crippen LogP) is 1.59. The van der Waals surface area contributed by atoms with Crippen LogP contribution in [0.5, 0.6) is 0 Å². The molecule has 2 heteroatoms. The summed E-state index contributed by atoms with van der Waals surface area (Å²) in [5, 5.41) is 0. The molecule has 0 unspecified atom stereocenters. The maximum absolute atomic E-state index is 5.30. The van der Waals surface area contributed by atoms with Crippen LogP contribution >= 0.6 is 0 Å². The van der Waals surface area contributed by atoms with E-state index in [4.69, 9.17) is 9.47 Å². The summed E-state index contributed by atoms with van der Waals surface area (Å²) >= 11 is 0. The summed E-state index contributed by atoms with van der Waals surface area (Å²) in [7, 11) is 3.41. The van der Waals surface area contributed by atoms with Crippen molar-refractivity contribution in [2.24, 2.45) is 0 Å². The van der Waals surface area contributed by atoms with E-state index in [-0.39, 0.29) is 12.2 Å². The van der Waals surface area contributed by atoms with E-state index < -0.39 is 0 Å². The van der Waals surface area contributed by atoms with Crippen LogP contribution < -0.4 is 0 Å². The molecule has 12 heavy (non-hydrogen) atoms.